The minimum absolute atomic E-state index is 0.128. The van der Waals surface area contributed by atoms with Crippen molar-refractivity contribution < 1.29 is 14.3 Å². The SMILES string of the molecule is O=Cc1c(Cl)ncnc1NCc1ccc2c(c1)OCO2. The molecule has 1 N–H and O–H groups in total. The number of ether oxygens (including phenoxy) is 2. The molecule has 1 aliphatic heterocycles. The molecule has 20 heavy (non-hydrogen) atoms. The van der Waals surface area contributed by atoms with Crippen LogP contribution in [0.4, 0.5) is 5.82 Å². The molecule has 6 nitrogen and oxygen atoms in total. The Labute approximate surface area is 119 Å². The van der Waals surface area contributed by atoms with Crippen molar-refractivity contribution in [3.63, 3.8) is 0 Å². The monoisotopic (exact) mass is 291 g/mol. The van der Waals surface area contributed by atoms with Crippen LogP contribution in [0.5, 0.6) is 11.5 Å². The molecule has 0 fully saturated rings. The lowest BCUT2D eigenvalue weighted by atomic mass is 10.2. The van der Waals surface area contributed by atoms with E-state index >= 15 is 0 Å². The standard InChI is InChI=1S/C13H10ClN3O3/c14-12-9(5-18)13(17-6-16-12)15-4-8-1-2-10-11(3-8)20-7-19-10/h1-3,5-6H,4,7H2,(H,15,16,17). The second kappa shape index (κ2) is 5.34. The van der Waals surface area contributed by atoms with Gasteiger partial charge in [0.25, 0.3) is 0 Å². The molecule has 0 saturated heterocycles. The van der Waals surface area contributed by atoms with Crippen molar-refractivity contribution in [3.8, 4) is 11.5 Å². The van der Waals surface area contributed by atoms with Crippen molar-refractivity contribution in [1.29, 1.82) is 0 Å². The van der Waals surface area contributed by atoms with Gasteiger partial charge >= 0.3 is 0 Å². The summed E-state index contributed by atoms with van der Waals surface area (Å²) in [7, 11) is 0. The highest BCUT2D eigenvalue weighted by Gasteiger charge is 2.14. The Balaban J connectivity index is 1.77. The van der Waals surface area contributed by atoms with E-state index in [0.717, 1.165) is 11.3 Å². The number of fused-ring (bicyclic) bond motifs is 1. The first-order valence-electron chi connectivity index (χ1n) is 5.86. The predicted molar refractivity (Wildman–Crippen MR) is 72.3 cm³/mol. The Morgan fingerprint density at radius 1 is 1.30 bits per heavy atom. The Kier molecular flexibility index (Phi) is 3.39. The van der Waals surface area contributed by atoms with E-state index in [9.17, 15) is 4.79 Å². The normalized spacial score (nSPS) is 12.2. The lowest BCUT2D eigenvalue weighted by Gasteiger charge is -2.08. The molecule has 0 radical (unpaired) electrons. The number of nitrogens with one attached hydrogen (secondary N) is 1. The Morgan fingerprint density at radius 3 is 3.00 bits per heavy atom. The smallest absolute Gasteiger partial charge is 0.231 e. The van der Waals surface area contributed by atoms with Crippen molar-refractivity contribution in [2.45, 2.75) is 6.54 Å². The fraction of sp³-hybridized carbons (Fsp3) is 0.154. The van der Waals surface area contributed by atoms with Crippen molar-refractivity contribution in [2.24, 2.45) is 0 Å². The summed E-state index contributed by atoms with van der Waals surface area (Å²) in [5.74, 6) is 1.84. The highest BCUT2D eigenvalue weighted by atomic mass is 35.5. The van der Waals surface area contributed by atoms with Gasteiger partial charge in [-0.2, -0.15) is 0 Å². The van der Waals surface area contributed by atoms with Gasteiger partial charge in [0.1, 0.15) is 17.3 Å². The Bertz CT molecular complexity index is 663. The van der Waals surface area contributed by atoms with Crippen LogP contribution in [0, 0.1) is 0 Å². The van der Waals surface area contributed by atoms with E-state index in [2.05, 4.69) is 15.3 Å². The second-order valence-corrected chi connectivity index (χ2v) is 4.44. The molecule has 0 saturated carbocycles. The van der Waals surface area contributed by atoms with Gasteiger partial charge in [0.05, 0.1) is 5.56 Å². The van der Waals surface area contributed by atoms with Crippen molar-refractivity contribution >= 4 is 23.7 Å². The molecule has 3 rings (SSSR count). The zero-order valence-electron chi connectivity index (χ0n) is 10.3. The molecule has 0 bridgehead atoms. The van der Waals surface area contributed by atoms with E-state index in [1.54, 1.807) is 0 Å². The third-order valence-electron chi connectivity index (χ3n) is 2.85. The summed E-state index contributed by atoms with van der Waals surface area (Å²) in [6.45, 7) is 0.716. The molecule has 2 heterocycles. The first-order chi connectivity index (χ1) is 9.78. The van der Waals surface area contributed by atoms with Crippen LogP contribution < -0.4 is 14.8 Å². The number of hydrogen-bond donors (Lipinski definition) is 1. The number of carbonyl (C=O) groups is 1. The van der Waals surface area contributed by atoms with E-state index in [1.165, 1.54) is 6.33 Å². The number of hydrogen-bond acceptors (Lipinski definition) is 6. The molecule has 0 spiro atoms. The van der Waals surface area contributed by atoms with Gasteiger partial charge in [-0.25, -0.2) is 9.97 Å². The zero-order valence-corrected chi connectivity index (χ0v) is 11.1. The molecule has 102 valence electrons. The van der Waals surface area contributed by atoms with Gasteiger partial charge in [-0.05, 0) is 17.7 Å². The average molecular weight is 292 g/mol. The number of anilines is 1. The number of benzene rings is 1. The fourth-order valence-electron chi connectivity index (χ4n) is 1.86. The molecule has 2 aromatic rings. The Morgan fingerprint density at radius 2 is 2.15 bits per heavy atom. The summed E-state index contributed by atoms with van der Waals surface area (Å²) >= 11 is 5.83. The van der Waals surface area contributed by atoms with Gasteiger partial charge in [0, 0.05) is 6.54 Å². The van der Waals surface area contributed by atoms with Gasteiger partial charge in [-0.1, -0.05) is 17.7 Å². The van der Waals surface area contributed by atoms with Gasteiger partial charge in [0.15, 0.2) is 17.8 Å². The molecular weight excluding hydrogens is 282 g/mol. The zero-order chi connectivity index (χ0) is 13.9. The maximum Gasteiger partial charge on any atom is 0.231 e. The summed E-state index contributed by atoms with van der Waals surface area (Å²) < 4.78 is 10.5. The second-order valence-electron chi connectivity index (χ2n) is 4.09. The van der Waals surface area contributed by atoms with E-state index in [0.29, 0.717) is 24.4 Å². The lowest BCUT2D eigenvalue weighted by Crippen LogP contribution is -2.05. The van der Waals surface area contributed by atoms with Crippen molar-refractivity contribution in [3.05, 3.63) is 40.8 Å². The van der Waals surface area contributed by atoms with Gasteiger partial charge in [-0.15, -0.1) is 0 Å². The minimum atomic E-state index is 0.128. The molecule has 0 amide bonds. The average Bonchev–Trinajstić information content (AvgIpc) is 2.92. The number of aldehydes is 1. The highest BCUT2D eigenvalue weighted by Crippen LogP contribution is 2.32. The van der Waals surface area contributed by atoms with Crippen LogP contribution in [-0.4, -0.2) is 23.0 Å². The van der Waals surface area contributed by atoms with Gasteiger partial charge in [0.2, 0.25) is 6.79 Å². The predicted octanol–water partition coefficient (Wildman–Crippen LogP) is 2.28. The number of carbonyl (C=O) groups excluding carboxylic acids is 1. The van der Waals surface area contributed by atoms with Crippen LogP contribution in [0.3, 0.4) is 0 Å². The largest absolute Gasteiger partial charge is 0.454 e. The van der Waals surface area contributed by atoms with Crippen LogP contribution in [-0.2, 0) is 6.54 Å². The lowest BCUT2D eigenvalue weighted by molar-refractivity contribution is 0.112. The van der Waals surface area contributed by atoms with E-state index in [4.69, 9.17) is 21.1 Å². The summed E-state index contributed by atoms with van der Waals surface area (Å²) in [5.41, 5.74) is 1.22. The first kappa shape index (κ1) is 12.7. The van der Waals surface area contributed by atoms with Crippen LogP contribution >= 0.6 is 11.6 Å². The fourth-order valence-corrected chi connectivity index (χ4v) is 2.03. The van der Waals surface area contributed by atoms with E-state index in [1.807, 2.05) is 18.2 Å². The third-order valence-corrected chi connectivity index (χ3v) is 3.15. The molecular formula is C13H10ClN3O3. The van der Waals surface area contributed by atoms with Crippen LogP contribution in [0.2, 0.25) is 5.15 Å². The first-order valence-corrected chi connectivity index (χ1v) is 6.24. The summed E-state index contributed by atoms with van der Waals surface area (Å²) in [4.78, 5) is 18.7. The quantitative estimate of drug-likeness (QED) is 0.688. The summed E-state index contributed by atoms with van der Waals surface area (Å²) in [5, 5.41) is 3.18. The van der Waals surface area contributed by atoms with Gasteiger partial charge in [-0.3, -0.25) is 4.79 Å². The van der Waals surface area contributed by atoms with Crippen LogP contribution in [0.25, 0.3) is 0 Å². The van der Waals surface area contributed by atoms with Crippen LogP contribution in [0.15, 0.2) is 24.5 Å². The van der Waals surface area contributed by atoms with Crippen LogP contribution in [0.1, 0.15) is 15.9 Å². The number of halogens is 1. The van der Waals surface area contributed by atoms with Crippen molar-refractivity contribution in [1.82, 2.24) is 9.97 Å². The Hall–Kier alpha value is -2.34. The number of aromatic nitrogens is 2. The molecule has 0 unspecified atom stereocenters. The third kappa shape index (κ3) is 2.37. The minimum Gasteiger partial charge on any atom is -0.454 e. The molecule has 1 aliphatic rings. The molecule has 1 aromatic carbocycles. The maximum absolute atomic E-state index is 11.0. The van der Waals surface area contributed by atoms with E-state index < -0.39 is 0 Å². The summed E-state index contributed by atoms with van der Waals surface area (Å²) in [6, 6.07) is 5.62. The van der Waals surface area contributed by atoms with E-state index in [-0.39, 0.29) is 17.5 Å². The maximum atomic E-state index is 11.0. The topological polar surface area (TPSA) is 73.3 Å². The van der Waals surface area contributed by atoms with Gasteiger partial charge < -0.3 is 14.8 Å². The molecule has 1 aromatic heterocycles. The van der Waals surface area contributed by atoms with Crippen molar-refractivity contribution in [2.75, 3.05) is 12.1 Å². The molecule has 0 atom stereocenters. The number of nitrogens with zero attached hydrogens (tertiary/aromatic N) is 2. The highest BCUT2D eigenvalue weighted by molar-refractivity contribution is 6.32. The molecule has 0 aliphatic carbocycles. The molecule has 7 heteroatoms. The summed E-state index contributed by atoms with van der Waals surface area (Å²) in [6.07, 6.45) is 1.93. The number of rotatable bonds is 4.